The summed E-state index contributed by atoms with van der Waals surface area (Å²) < 4.78 is 6.23. The number of rotatable bonds is 9. The first-order valence-electron chi connectivity index (χ1n) is 12.4. The van der Waals surface area contributed by atoms with Crippen molar-refractivity contribution in [1.29, 1.82) is 0 Å². The fraction of sp³-hybridized carbons (Fsp3) is 0.750. The van der Waals surface area contributed by atoms with Gasteiger partial charge in [0.1, 0.15) is 5.78 Å². The van der Waals surface area contributed by atoms with Crippen LogP contribution in [0.3, 0.4) is 0 Å². The van der Waals surface area contributed by atoms with E-state index in [1.807, 2.05) is 12.2 Å². The fourth-order valence-electron chi connectivity index (χ4n) is 7.32. The molecule has 3 aliphatic rings. The smallest absolute Gasteiger partial charge is 0.130 e. The number of Topliss-reactive ketones (excluding diaryl/α,β-unsaturated/α-hetero) is 1. The molecule has 0 saturated heterocycles. The molecule has 0 bridgehead atoms. The Labute approximate surface area is 185 Å². The first-order valence-corrected chi connectivity index (χ1v) is 12.4. The molecule has 3 aliphatic carbocycles. The van der Waals surface area contributed by atoms with Crippen molar-refractivity contribution in [2.24, 2.45) is 28.6 Å². The Morgan fingerprint density at radius 1 is 1.30 bits per heavy atom. The normalized spacial score (nSPS) is 38.6. The van der Waals surface area contributed by atoms with Gasteiger partial charge in [-0.05, 0) is 86.9 Å². The molecule has 0 aliphatic heterocycles. The summed E-state index contributed by atoms with van der Waals surface area (Å²) in [6.45, 7) is 13.6. The number of hydrogen-bond acceptors (Lipinski definition) is 2. The Hall–Kier alpha value is -1.15. The number of allylic oxidation sites excluding steroid dienone is 3. The highest BCUT2D eigenvalue weighted by Crippen LogP contribution is 2.62. The monoisotopic (exact) mass is 412 g/mol. The maximum absolute atomic E-state index is 12.1. The van der Waals surface area contributed by atoms with Crippen LogP contribution in [0.1, 0.15) is 91.9 Å². The lowest BCUT2D eigenvalue weighted by Gasteiger charge is -2.59. The van der Waals surface area contributed by atoms with E-state index in [0.717, 1.165) is 37.7 Å². The van der Waals surface area contributed by atoms with Crippen molar-refractivity contribution in [2.45, 2.75) is 98.0 Å². The average molecular weight is 413 g/mol. The lowest BCUT2D eigenvalue weighted by molar-refractivity contribution is -0.124. The summed E-state index contributed by atoms with van der Waals surface area (Å²) in [5, 5.41) is 0. The van der Waals surface area contributed by atoms with E-state index < -0.39 is 0 Å². The largest absolute Gasteiger partial charge is 0.378 e. The molecule has 30 heavy (non-hydrogen) atoms. The second kappa shape index (κ2) is 9.98. The van der Waals surface area contributed by atoms with Gasteiger partial charge in [-0.25, -0.2) is 0 Å². The Balaban J connectivity index is 1.72. The van der Waals surface area contributed by atoms with Crippen LogP contribution < -0.4 is 0 Å². The molecule has 2 heteroatoms. The first kappa shape index (κ1) is 23.5. The lowest BCUT2D eigenvalue weighted by atomic mass is 9.46. The summed E-state index contributed by atoms with van der Waals surface area (Å²) in [7, 11) is 0. The molecule has 0 N–H and O–H groups in total. The summed E-state index contributed by atoms with van der Waals surface area (Å²) >= 11 is 0. The molecule has 2 saturated carbocycles. The number of fused-ring (bicyclic) bond motifs is 3. The van der Waals surface area contributed by atoms with Crippen molar-refractivity contribution in [3.05, 3.63) is 36.5 Å². The van der Waals surface area contributed by atoms with Crippen LogP contribution in [0.25, 0.3) is 0 Å². The summed E-state index contributed by atoms with van der Waals surface area (Å²) in [6.07, 6.45) is 20.5. The van der Waals surface area contributed by atoms with Crippen molar-refractivity contribution < 1.29 is 9.53 Å². The zero-order chi connectivity index (χ0) is 21.8. The quantitative estimate of drug-likeness (QED) is 0.223. The zero-order valence-electron chi connectivity index (χ0n) is 19.9. The molecule has 0 heterocycles. The molecule has 3 rings (SSSR count). The Morgan fingerprint density at radius 3 is 2.80 bits per heavy atom. The van der Waals surface area contributed by atoms with Crippen LogP contribution in [0.15, 0.2) is 36.5 Å². The number of carbonyl (C=O) groups excluding carboxylic acids is 1. The molecule has 0 spiro atoms. The van der Waals surface area contributed by atoms with Gasteiger partial charge in [0.2, 0.25) is 0 Å². The number of ether oxygens (including phenoxy) is 1. The molecule has 6 atom stereocenters. The molecule has 0 radical (unpaired) electrons. The van der Waals surface area contributed by atoms with Crippen molar-refractivity contribution in [3.63, 3.8) is 0 Å². The molecule has 2 nitrogen and oxygen atoms in total. The van der Waals surface area contributed by atoms with Crippen LogP contribution in [-0.4, -0.2) is 18.5 Å². The highest BCUT2D eigenvalue weighted by Gasteiger charge is 2.54. The van der Waals surface area contributed by atoms with E-state index in [1.165, 1.54) is 44.9 Å². The zero-order valence-corrected chi connectivity index (χ0v) is 19.9. The predicted molar refractivity (Wildman–Crippen MR) is 126 cm³/mol. The minimum absolute atomic E-state index is 0.198. The molecule has 0 aromatic rings. The molecular weight excluding hydrogens is 368 g/mol. The average Bonchev–Trinajstić information content (AvgIpc) is 2.69. The van der Waals surface area contributed by atoms with Crippen LogP contribution in [0, 0.1) is 28.6 Å². The predicted octanol–water partition coefficient (Wildman–Crippen LogP) is 7.45. The van der Waals surface area contributed by atoms with Crippen molar-refractivity contribution in [3.8, 4) is 0 Å². The van der Waals surface area contributed by atoms with E-state index in [1.54, 1.807) is 12.5 Å². The summed E-state index contributed by atoms with van der Waals surface area (Å²) in [5.74, 6) is 2.59. The van der Waals surface area contributed by atoms with E-state index in [2.05, 4.69) is 39.5 Å². The summed E-state index contributed by atoms with van der Waals surface area (Å²) in [5.41, 5.74) is 2.21. The van der Waals surface area contributed by atoms with E-state index in [-0.39, 0.29) is 5.41 Å². The van der Waals surface area contributed by atoms with E-state index in [9.17, 15) is 4.79 Å². The molecule has 0 aromatic carbocycles. The van der Waals surface area contributed by atoms with Crippen LogP contribution in [0.2, 0.25) is 0 Å². The first-order chi connectivity index (χ1) is 14.3. The lowest BCUT2D eigenvalue weighted by Crippen LogP contribution is -2.51. The van der Waals surface area contributed by atoms with Gasteiger partial charge in [-0.15, -0.1) is 0 Å². The molecule has 0 aromatic heterocycles. The van der Waals surface area contributed by atoms with Crippen LogP contribution in [-0.2, 0) is 9.53 Å². The van der Waals surface area contributed by atoms with E-state index >= 15 is 0 Å². The molecule has 168 valence electrons. The van der Waals surface area contributed by atoms with Gasteiger partial charge in [0.15, 0.2) is 0 Å². The Morgan fingerprint density at radius 2 is 2.10 bits per heavy atom. The van der Waals surface area contributed by atoms with Gasteiger partial charge in [0, 0.05) is 6.42 Å². The molecular formula is C28H44O2. The van der Waals surface area contributed by atoms with Crippen LogP contribution in [0.5, 0.6) is 0 Å². The minimum Gasteiger partial charge on any atom is -0.378 e. The maximum Gasteiger partial charge on any atom is 0.130 e. The highest BCUT2D eigenvalue weighted by molar-refractivity contribution is 5.76. The van der Waals surface area contributed by atoms with Crippen molar-refractivity contribution in [1.82, 2.24) is 0 Å². The molecule has 6 unspecified atom stereocenters. The Bertz CT molecular complexity index is 674. The van der Waals surface area contributed by atoms with Gasteiger partial charge < -0.3 is 9.53 Å². The SMILES string of the molecule is C=C/C=C\CCOC1CCC2(C)C(=CCC3C(CCC)C(C)(CC(C)=O)CCC32)C1. The molecule has 0 amide bonds. The Kier molecular flexibility index (Phi) is 7.82. The second-order valence-electron chi connectivity index (χ2n) is 10.8. The highest BCUT2D eigenvalue weighted by atomic mass is 16.5. The number of carbonyl (C=O) groups is 1. The minimum atomic E-state index is 0.198. The van der Waals surface area contributed by atoms with Gasteiger partial charge >= 0.3 is 0 Å². The second-order valence-corrected chi connectivity index (χ2v) is 10.8. The standard InChI is InChI=1S/C28H44O2/c1-6-8-9-10-18-30-23-14-17-28(5)22(19-23)12-13-24-25(11-7-2)27(4,20-21(3)29)16-15-26(24)28/h6,8-9,12,23-26H,1,7,10-11,13-20H2,2-5H3/b9-8-. The van der Waals surface area contributed by atoms with Gasteiger partial charge in [0.25, 0.3) is 0 Å². The molecule has 2 fully saturated rings. The van der Waals surface area contributed by atoms with E-state index in [0.29, 0.717) is 23.2 Å². The van der Waals surface area contributed by atoms with Gasteiger partial charge in [0.05, 0.1) is 12.7 Å². The number of ketones is 1. The van der Waals surface area contributed by atoms with Crippen LogP contribution >= 0.6 is 0 Å². The van der Waals surface area contributed by atoms with Crippen LogP contribution in [0.4, 0.5) is 0 Å². The summed E-state index contributed by atoms with van der Waals surface area (Å²) in [4.78, 5) is 12.1. The fourth-order valence-corrected chi connectivity index (χ4v) is 7.32. The van der Waals surface area contributed by atoms with Gasteiger partial charge in [-0.3, -0.25) is 0 Å². The van der Waals surface area contributed by atoms with Gasteiger partial charge in [-0.1, -0.05) is 63.6 Å². The third-order valence-electron chi connectivity index (χ3n) is 8.74. The third kappa shape index (κ3) is 4.85. The van der Waals surface area contributed by atoms with E-state index in [4.69, 9.17) is 4.74 Å². The third-order valence-corrected chi connectivity index (χ3v) is 8.74. The number of hydrogen-bond donors (Lipinski definition) is 0. The van der Waals surface area contributed by atoms with Crippen molar-refractivity contribution in [2.75, 3.05) is 6.61 Å². The van der Waals surface area contributed by atoms with Crippen molar-refractivity contribution >= 4 is 5.78 Å². The maximum atomic E-state index is 12.1. The topological polar surface area (TPSA) is 26.3 Å². The van der Waals surface area contributed by atoms with Gasteiger partial charge in [-0.2, -0.15) is 0 Å². The summed E-state index contributed by atoms with van der Waals surface area (Å²) in [6, 6.07) is 0.